The van der Waals surface area contributed by atoms with E-state index >= 15 is 0 Å². The summed E-state index contributed by atoms with van der Waals surface area (Å²) in [6.45, 7) is 4.62. The minimum atomic E-state index is -0.354. The third-order valence-corrected chi connectivity index (χ3v) is 3.55. The maximum atomic E-state index is 13.8. The molecule has 0 amide bonds. The monoisotopic (exact) mass is 280 g/mol. The van der Waals surface area contributed by atoms with E-state index in [1.807, 2.05) is 23.0 Å². The van der Waals surface area contributed by atoms with Crippen molar-refractivity contribution in [3.05, 3.63) is 58.6 Å². The minimum absolute atomic E-state index is 0.00505. The number of hydrogen-bond donors (Lipinski definition) is 1. The Kier molecular flexibility index (Phi) is 4.27. The molecule has 1 atom stereocenters. The fourth-order valence-electron chi connectivity index (χ4n) is 2.01. The lowest BCUT2D eigenvalue weighted by Crippen LogP contribution is -2.16. The zero-order chi connectivity index (χ0) is 14.0. The number of hydrogen-bond acceptors (Lipinski definition) is 1. The van der Waals surface area contributed by atoms with Gasteiger partial charge in [0.25, 0.3) is 0 Å². The molecular formula is C15H18ClFN2. The molecule has 0 aliphatic rings. The summed E-state index contributed by atoms with van der Waals surface area (Å²) in [4.78, 5) is 0. The summed E-state index contributed by atoms with van der Waals surface area (Å²) in [5, 5.41) is 0.156. The van der Waals surface area contributed by atoms with Crippen molar-refractivity contribution in [3.63, 3.8) is 0 Å². The Bertz CT molecular complexity index is 563. The molecule has 1 heterocycles. The van der Waals surface area contributed by atoms with Crippen molar-refractivity contribution in [2.75, 3.05) is 0 Å². The number of benzene rings is 1. The molecule has 1 aromatic carbocycles. The van der Waals surface area contributed by atoms with Gasteiger partial charge in [-0.2, -0.15) is 0 Å². The molecule has 0 spiro atoms. The summed E-state index contributed by atoms with van der Waals surface area (Å²) >= 11 is 5.77. The highest BCUT2D eigenvalue weighted by Crippen LogP contribution is 2.21. The second kappa shape index (κ2) is 5.76. The maximum Gasteiger partial charge on any atom is 0.146 e. The van der Waals surface area contributed by atoms with Gasteiger partial charge in [0.2, 0.25) is 0 Å². The van der Waals surface area contributed by atoms with Crippen LogP contribution in [0.2, 0.25) is 5.02 Å². The predicted octanol–water partition coefficient (Wildman–Crippen LogP) is 3.98. The van der Waals surface area contributed by atoms with Crippen LogP contribution in [0, 0.1) is 11.7 Å². The molecule has 2 rings (SSSR count). The number of nitrogens with zero attached hydrogens (tertiary/aromatic N) is 1. The molecule has 0 aliphatic carbocycles. The van der Waals surface area contributed by atoms with E-state index < -0.39 is 0 Å². The molecule has 19 heavy (non-hydrogen) atoms. The Balaban J connectivity index is 2.18. The van der Waals surface area contributed by atoms with Crippen LogP contribution in [0.1, 0.15) is 31.0 Å². The number of nitrogens with two attached hydrogens (primary N) is 1. The summed E-state index contributed by atoms with van der Waals surface area (Å²) in [6.07, 6.45) is 3.88. The Morgan fingerprint density at radius 1 is 1.32 bits per heavy atom. The zero-order valence-corrected chi connectivity index (χ0v) is 11.9. The summed E-state index contributed by atoms with van der Waals surface area (Å²) < 4.78 is 15.7. The topological polar surface area (TPSA) is 30.9 Å². The molecule has 0 radical (unpaired) electrons. The first-order valence-corrected chi connectivity index (χ1v) is 6.71. The summed E-state index contributed by atoms with van der Waals surface area (Å²) in [5.74, 6) is 0.0198. The first-order chi connectivity index (χ1) is 8.99. The average molecular weight is 281 g/mol. The van der Waals surface area contributed by atoms with Crippen LogP contribution in [-0.4, -0.2) is 4.57 Å². The summed E-state index contributed by atoms with van der Waals surface area (Å²) in [5.41, 5.74) is 7.73. The van der Waals surface area contributed by atoms with Gasteiger partial charge in [-0.05, 0) is 23.6 Å². The van der Waals surface area contributed by atoms with E-state index in [-0.39, 0.29) is 16.9 Å². The fraction of sp³-hybridized carbons (Fsp3) is 0.333. The minimum Gasteiger partial charge on any atom is -0.349 e. The van der Waals surface area contributed by atoms with E-state index in [2.05, 4.69) is 13.8 Å². The van der Waals surface area contributed by atoms with Crippen LogP contribution in [0.4, 0.5) is 4.39 Å². The SMILES string of the molecule is CC(C)C(N)c1ccn(Cc2cccc(Cl)c2F)c1. The van der Waals surface area contributed by atoms with Gasteiger partial charge in [0, 0.05) is 30.5 Å². The Morgan fingerprint density at radius 3 is 2.74 bits per heavy atom. The summed E-state index contributed by atoms with van der Waals surface area (Å²) in [6, 6.07) is 7.03. The van der Waals surface area contributed by atoms with Crippen molar-refractivity contribution in [1.29, 1.82) is 0 Å². The third kappa shape index (κ3) is 3.17. The first-order valence-electron chi connectivity index (χ1n) is 6.33. The van der Waals surface area contributed by atoms with E-state index in [1.54, 1.807) is 18.2 Å². The van der Waals surface area contributed by atoms with Gasteiger partial charge in [0.1, 0.15) is 5.82 Å². The van der Waals surface area contributed by atoms with Crippen LogP contribution < -0.4 is 5.73 Å². The van der Waals surface area contributed by atoms with E-state index in [9.17, 15) is 4.39 Å². The highest BCUT2D eigenvalue weighted by Gasteiger charge is 2.12. The lowest BCUT2D eigenvalue weighted by molar-refractivity contribution is 0.513. The lowest BCUT2D eigenvalue weighted by atomic mass is 10.00. The molecule has 2 aromatic rings. The predicted molar refractivity (Wildman–Crippen MR) is 76.7 cm³/mol. The second-order valence-corrected chi connectivity index (χ2v) is 5.51. The van der Waals surface area contributed by atoms with Crippen molar-refractivity contribution >= 4 is 11.6 Å². The second-order valence-electron chi connectivity index (χ2n) is 5.10. The number of halogens is 2. The Hall–Kier alpha value is -1.32. The third-order valence-electron chi connectivity index (χ3n) is 3.26. The van der Waals surface area contributed by atoms with E-state index in [0.29, 0.717) is 18.0 Å². The molecule has 2 N–H and O–H groups in total. The maximum absolute atomic E-state index is 13.8. The van der Waals surface area contributed by atoms with Crippen LogP contribution in [0.25, 0.3) is 0 Å². The molecule has 0 fully saturated rings. The van der Waals surface area contributed by atoms with Gasteiger partial charge in [-0.25, -0.2) is 4.39 Å². The van der Waals surface area contributed by atoms with Gasteiger partial charge >= 0.3 is 0 Å². The van der Waals surface area contributed by atoms with Crippen molar-refractivity contribution in [1.82, 2.24) is 4.57 Å². The smallest absolute Gasteiger partial charge is 0.146 e. The van der Waals surface area contributed by atoms with Crippen molar-refractivity contribution in [3.8, 4) is 0 Å². The van der Waals surface area contributed by atoms with Gasteiger partial charge in [-0.1, -0.05) is 37.6 Å². The molecule has 0 bridgehead atoms. The van der Waals surface area contributed by atoms with Crippen LogP contribution in [0.15, 0.2) is 36.7 Å². The molecule has 2 nitrogen and oxygen atoms in total. The lowest BCUT2D eigenvalue weighted by Gasteiger charge is -2.13. The molecule has 1 aromatic heterocycles. The van der Waals surface area contributed by atoms with E-state index in [4.69, 9.17) is 17.3 Å². The van der Waals surface area contributed by atoms with Gasteiger partial charge < -0.3 is 10.3 Å². The molecule has 102 valence electrons. The van der Waals surface area contributed by atoms with Gasteiger partial charge in [0.05, 0.1) is 5.02 Å². The van der Waals surface area contributed by atoms with Crippen molar-refractivity contribution < 1.29 is 4.39 Å². The van der Waals surface area contributed by atoms with Crippen LogP contribution in [-0.2, 0) is 6.54 Å². The van der Waals surface area contributed by atoms with Gasteiger partial charge in [-0.3, -0.25) is 0 Å². The normalized spacial score (nSPS) is 12.9. The van der Waals surface area contributed by atoms with Crippen LogP contribution >= 0.6 is 11.6 Å². The standard InChI is InChI=1S/C15H18ClFN2/c1-10(2)15(18)12-6-7-19(9-12)8-11-4-3-5-13(16)14(11)17/h3-7,9-10,15H,8,18H2,1-2H3. The molecule has 0 saturated carbocycles. The number of rotatable bonds is 4. The number of aromatic nitrogens is 1. The molecule has 1 unspecified atom stereocenters. The zero-order valence-electron chi connectivity index (χ0n) is 11.1. The Labute approximate surface area is 118 Å². The highest BCUT2D eigenvalue weighted by molar-refractivity contribution is 6.30. The average Bonchev–Trinajstić information content (AvgIpc) is 2.82. The molecule has 4 heteroatoms. The Morgan fingerprint density at radius 2 is 2.05 bits per heavy atom. The van der Waals surface area contributed by atoms with E-state index in [1.165, 1.54) is 0 Å². The van der Waals surface area contributed by atoms with Crippen LogP contribution in [0.5, 0.6) is 0 Å². The van der Waals surface area contributed by atoms with Crippen LogP contribution in [0.3, 0.4) is 0 Å². The van der Waals surface area contributed by atoms with Crippen molar-refractivity contribution in [2.24, 2.45) is 11.7 Å². The molecular weight excluding hydrogens is 263 g/mol. The van der Waals surface area contributed by atoms with Gasteiger partial charge in [-0.15, -0.1) is 0 Å². The molecule has 0 saturated heterocycles. The highest BCUT2D eigenvalue weighted by atomic mass is 35.5. The van der Waals surface area contributed by atoms with Crippen molar-refractivity contribution in [2.45, 2.75) is 26.4 Å². The summed E-state index contributed by atoms with van der Waals surface area (Å²) in [7, 11) is 0. The fourth-order valence-corrected chi connectivity index (χ4v) is 2.20. The van der Waals surface area contributed by atoms with Gasteiger partial charge in [0.15, 0.2) is 0 Å². The quantitative estimate of drug-likeness (QED) is 0.902. The first kappa shape index (κ1) is 14.1. The largest absolute Gasteiger partial charge is 0.349 e. The van der Waals surface area contributed by atoms with E-state index in [0.717, 1.165) is 5.56 Å². The molecule has 0 aliphatic heterocycles.